The van der Waals surface area contributed by atoms with Gasteiger partial charge in [-0.2, -0.15) is 5.26 Å². The lowest BCUT2D eigenvalue weighted by Gasteiger charge is -2.03. The molecule has 0 N–H and O–H groups in total. The van der Waals surface area contributed by atoms with E-state index in [0.717, 1.165) is 4.88 Å². The van der Waals surface area contributed by atoms with E-state index in [1.54, 1.807) is 19.2 Å². The van der Waals surface area contributed by atoms with Crippen LogP contribution in [0.2, 0.25) is 0 Å². The van der Waals surface area contributed by atoms with Crippen LogP contribution in [0.5, 0.6) is 0 Å². The largest absolute Gasteiger partial charge is 0.296 e. The maximum Gasteiger partial charge on any atom is 0.265 e. The maximum atomic E-state index is 11.7. The smallest absolute Gasteiger partial charge is 0.265 e. The van der Waals surface area contributed by atoms with E-state index in [4.69, 9.17) is 17.5 Å². The highest BCUT2D eigenvalue weighted by Crippen LogP contribution is 2.32. The Hall–Kier alpha value is -1.16. The Morgan fingerprint density at radius 1 is 1.56 bits per heavy atom. The molecule has 0 aromatic carbocycles. The van der Waals surface area contributed by atoms with Crippen molar-refractivity contribution in [1.29, 1.82) is 5.26 Å². The van der Waals surface area contributed by atoms with Gasteiger partial charge < -0.3 is 0 Å². The number of hydrogen-bond donors (Lipinski definition) is 0. The first-order chi connectivity index (χ1) is 7.61. The summed E-state index contributed by atoms with van der Waals surface area (Å²) in [5.41, 5.74) is 0. The molecule has 0 unspecified atom stereocenters. The number of thiophene rings is 1. The molecule has 2 rings (SSSR count). The van der Waals surface area contributed by atoms with Crippen LogP contribution in [0.25, 0.3) is 6.08 Å². The fraction of sp³-hybridized carbons (Fsp3) is 0.100. The summed E-state index contributed by atoms with van der Waals surface area (Å²) in [5, 5.41) is 8.69. The van der Waals surface area contributed by atoms with Crippen molar-refractivity contribution in [2.75, 3.05) is 7.05 Å². The van der Waals surface area contributed by atoms with Crippen LogP contribution in [-0.4, -0.2) is 22.2 Å². The predicted molar refractivity (Wildman–Crippen MR) is 70.0 cm³/mol. The van der Waals surface area contributed by atoms with Crippen molar-refractivity contribution in [2.24, 2.45) is 0 Å². The molecule has 1 aromatic heterocycles. The molecule has 1 aromatic rings. The Morgan fingerprint density at radius 3 is 2.81 bits per heavy atom. The van der Waals surface area contributed by atoms with Gasteiger partial charge in [0.15, 0.2) is 0 Å². The van der Waals surface area contributed by atoms with Gasteiger partial charge in [-0.05, 0) is 18.2 Å². The Morgan fingerprint density at radius 2 is 2.31 bits per heavy atom. The van der Waals surface area contributed by atoms with Crippen LogP contribution < -0.4 is 0 Å². The SMILES string of the molecule is CN1C(=O)C(=Cc2ccc(C#N)s2)SC1=S. The molecular weight excluding hydrogens is 260 g/mol. The molecule has 0 spiro atoms. The average Bonchev–Trinajstić information content (AvgIpc) is 2.81. The Labute approximate surface area is 106 Å². The minimum Gasteiger partial charge on any atom is -0.296 e. The second-order valence-electron chi connectivity index (χ2n) is 3.05. The second kappa shape index (κ2) is 4.37. The first kappa shape index (κ1) is 11.3. The number of nitrogens with zero attached hydrogens (tertiary/aromatic N) is 2. The maximum absolute atomic E-state index is 11.7. The minimum atomic E-state index is -0.0816. The van der Waals surface area contributed by atoms with Crippen molar-refractivity contribution in [2.45, 2.75) is 0 Å². The number of thiocarbonyl (C=S) groups is 1. The lowest BCUT2D eigenvalue weighted by molar-refractivity contribution is -0.121. The monoisotopic (exact) mass is 266 g/mol. The highest BCUT2D eigenvalue weighted by molar-refractivity contribution is 8.26. The van der Waals surface area contributed by atoms with Crippen molar-refractivity contribution in [3.05, 3.63) is 26.8 Å². The van der Waals surface area contributed by atoms with Crippen LogP contribution in [-0.2, 0) is 4.79 Å². The van der Waals surface area contributed by atoms with E-state index in [1.165, 1.54) is 28.0 Å². The summed E-state index contributed by atoms with van der Waals surface area (Å²) in [4.78, 5) is 15.3. The molecule has 1 aliphatic heterocycles. The Kier molecular flexibility index (Phi) is 3.10. The zero-order valence-corrected chi connectivity index (χ0v) is 10.7. The summed E-state index contributed by atoms with van der Waals surface area (Å²) in [7, 11) is 1.66. The zero-order valence-electron chi connectivity index (χ0n) is 8.26. The Balaban J connectivity index is 2.29. The molecule has 1 fully saturated rings. The van der Waals surface area contributed by atoms with Gasteiger partial charge in [0.25, 0.3) is 5.91 Å². The van der Waals surface area contributed by atoms with Crippen LogP contribution in [0.15, 0.2) is 17.0 Å². The molecule has 6 heteroatoms. The van der Waals surface area contributed by atoms with Crippen molar-refractivity contribution in [3.63, 3.8) is 0 Å². The van der Waals surface area contributed by atoms with E-state index < -0.39 is 0 Å². The standard InChI is InChI=1S/C10H6N2OS3/c1-12-9(13)8(16-10(12)14)4-6-2-3-7(5-11)15-6/h2-4H,1H3. The number of carbonyl (C=O) groups is 1. The van der Waals surface area contributed by atoms with E-state index >= 15 is 0 Å². The van der Waals surface area contributed by atoms with Crippen LogP contribution >= 0.6 is 35.3 Å². The number of rotatable bonds is 1. The number of amides is 1. The topological polar surface area (TPSA) is 44.1 Å². The van der Waals surface area contributed by atoms with Gasteiger partial charge in [-0.15, -0.1) is 11.3 Å². The zero-order chi connectivity index (χ0) is 11.7. The van der Waals surface area contributed by atoms with Crippen LogP contribution in [0.4, 0.5) is 0 Å². The average molecular weight is 266 g/mol. The van der Waals surface area contributed by atoms with Crippen LogP contribution in [0.1, 0.15) is 9.75 Å². The minimum absolute atomic E-state index is 0.0816. The highest BCUT2D eigenvalue weighted by Gasteiger charge is 2.28. The molecule has 0 aliphatic carbocycles. The third kappa shape index (κ3) is 2.02. The van der Waals surface area contributed by atoms with E-state index in [0.29, 0.717) is 14.1 Å². The molecule has 3 nitrogen and oxygen atoms in total. The molecule has 0 saturated carbocycles. The number of nitriles is 1. The summed E-state index contributed by atoms with van der Waals surface area (Å²) < 4.78 is 0.563. The van der Waals surface area contributed by atoms with Gasteiger partial charge in [0.05, 0.1) is 4.91 Å². The molecular formula is C10H6N2OS3. The van der Waals surface area contributed by atoms with Crippen molar-refractivity contribution >= 4 is 51.6 Å². The van der Waals surface area contributed by atoms with Gasteiger partial charge in [0, 0.05) is 11.9 Å². The lowest BCUT2D eigenvalue weighted by atomic mass is 10.4. The van der Waals surface area contributed by atoms with E-state index in [-0.39, 0.29) is 5.91 Å². The first-order valence-electron chi connectivity index (χ1n) is 4.33. The first-order valence-corrected chi connectivity index (χ1v) is 6.37. The summed E-state index contributed by atoms with van der Waals surface area (Å²) in [5.74, 6) is -0.0816. The summed E-state index contributed by atoms with van der Waals surface area (Å²) in [6.45, 7) is 0. The number of thioether (sulfide) groups is 1. The van der Waals surface area contributed by atoms with E-state index in [2.05, 4.69) is 6.07 Å². The number of hydrogen-bond acceptors (Lipinski definition) is 5. The fourth-order valence-corrected chi connectivity index (χ4v) is 3.16. The highest BCUT2D eigenvalue weighted by atomic mass is 32.2. The van der Waals surface area contributed by atoms with Crippen LogP contribution in [0, 0.1) is 11.3 Å². The summed E-state index contributed by atoms with van der Waals surface area (Å²) in [6, 6.07) is 5.63. The normalized spacial score (nSPS) is 18.2. The molecule has 1 aliphatic rings. The van der Waals surface area contributed by atoms with Gasteiger partial charge in [-0.1, -0.05) is 24.0 Å². The van der Waals surface area contributed by atoms with Crippen molar-refractivity contribution < 1.29 is 4.79 Å². The quantitative estimate of drug-likeness (QED) is 0.578. The molecule has 0 bridgehead atoms. The van der Waals surface area contributed by atoms with Crippen LogP contribution in [0.3, 0.4) is 0 Å². The van der Waals surface area contributed by atoms with Crippen molar-refractivity contribution in [1.82, 2.24) is 4.90 Å². The molecule has 80 valence electrons. The summed E-state index contributed by atoms with van der Waals surface area (Å²) >= 11 is 7.66. The third-order valence-corrected chi connectivity index (χ3v) is 4.42. The molecule has 2 heterocycles. The van der Waals surface area contributed by atoms with E-state index in [1.807, 2.05) is 6.07 Å². The third-order valence-electron chi connectivity index (χ3n) is 2.00. The summed E-state index contributed by atoms with van der Waals surface area (Å²) in [6.07, 6.45) is 1.77. The van der Waals surface area contributed by atoms with Gasteiger partial charge in [-0.3, -0.25) is 9.69 Å². The van der Waals surface area contributed by atoms with Gasteiger partial charge in [0.1, 0.15) is 15.3 Å². The number of likely N-dealkylation sites (N-methyl/N-ethyl adjacent to an activating group) is 1. The predicted octanol–water partition coefficient (Wildman–Crippen LogP) is 2.45. The molecule has 0 radical (unpaired) electrons. The molecule has 16 heavy (non-hydrogen) atoms. The lowest BCUT2D eigenvalue weighted by Crippen LogP contribution is -2.22. The fourth-order valence-electron chi connectivity index (χ4n) is 1.17. The van der Waals surface area contributed by atoms with Gasteiger partial charge in [0.2, 0.25) is 0 Å². The van der Waals surface area contributed by atoms with Gasteiger partial charge >= 0.3 is 0 Å². The van der Waals surface area contributed by atoms with Crippen molar-refractivity contribution in [3.8, 4) is 6.07 Å². The molecule has 0 atom stereocenters. The van der Waals surface area contributed by atoms with Gasteiger partial charge in [-0.25, -0.2) is 0 Å². The molecule has 1 saturated heterocycles. The van der Waals surface area contributed by atoms with E-state index in [9.17, 15) is 4.79 Å². The second-order valence-corrected chi connectivity index (χ2v) is 5.85. The molecule has 1 amide bonds. The Bertz CT molecular complexity index is 539. The number of carbonyl (C=O) groups excluding carboxylic acids is 1.